The van der Waals surface area contributed by atoms with E-state index >= 15 is 0 Å². The van der Waals surface area contributed by atoms with Crippen LogP contribution in [0.5, 0.6) is 0 Å². The fourth-order valence-corrected chi connectivity index (χ4v) is 5.69. The summed E-state index contributed by atoms with van der Waals surface area (Å²) >= 11 is 9.74. The highest BCUT2D eigenvalue weighted by atomic mass is 79.9. The van der Waals surface area contributed by atoms with E-state index in [2.05, 4.69) is 21.2 Å². The maximum Gasteiger partial charge on any atom is 0.264 e. The lowest BCUT2D eigenvalue weighted by Gasteiger charge is -2.32. The van der Waals surface area contributed by atoms with Gasteiger partial charge in [-0.25, -0.2) is 8.42 Å². The number of carbonyl (C=O) groups is 2. The zero-order chi connectivity index (χ0) is 27.2. The zero-order valence-electron chi connectivity index (χ0n) is 20.8. The number of carbonyl (C=O) groups excluding carboxylic acids is 2. The standard InChI is InChI=1S/C27H29BrClN3O4S/c1-19(2)30-27(34)20(3)31(17-21-10-7-8-15-25(21)29)26(33)18-32(23-12-9-11-22(28)16-23)37(35,36)24-13-5-4-6-14-24/h4-16,19-20H,17-18H2,1-3H3,(H,30,34)/t20-/m1/s1. The number of rotatable bonds is 10. The molecule has 1 atom stereocenters. The van der Waals surface area contributed by atoms with Crippen molar-refractivity contribution >= 4 is 55.1 Å². The van der Waals surface area contributed by atoms with Crippen LogP contribution in [-0.2, 0) is 26.2 Å². The smallest absolute Gasteiger partial charge is 0.264 e. The van der Waals surface area contributed by atoms with Crippen LogP contribution >= 0.6 is 27.5 Å². The van der Waals surface area contributed by atoms with Crippen LogP contribution < -0.4 is 9.62 Å². The minimum absolute atomic E-state index is 0.0307. The van der Waals surface area contributed by atoms with E-state index in [1.54, 1.807) is 73.7 Å². The SMILES string of the molecule is CC(C)NC(=O)[C@@H](C)N(Cc1ccccc1Cl)C(=O)CN(c1cccc(Br)c1)S(=O)(=O)c1ccccc1. The van der Waals surface area contributed by atoms with E-state index in [0.717, 1.165) is 4.31 Å². The number of benzene rings is 3. The van der Waals surface area contributed by atoms with Gasteiger partial charge in [-0.05, 0) is 62.7 Å². The van der Waals surface area contributed by atoms with E-state index < -0.39 is 28.5 Å². The second-order valence-electron chi connectivity index (χ2n) is 8.76. The summed E-state index contributed by atoms with van der Waals surface area (Å²) in [6, 6.07) is 20.6. The summed E-state index contributed by atoms with van der Waals surface area (Å²) in [5.74, 6) is -0.902. The maximum absolute atomic E-state index is 13.8. The third kappa shape index (κ3) is 7.34. The Labute approximate surface area is 231 Å². The van der Waals surface area contributed by atoms with Gasteiger partial charge in [0.15, 0.2) is 0 Å². The molecular weight excluding hydrogens is 578 g/mol. The molecule has 0 heterocycles. The number of nitrogens with zero attached hydrogens (tertiary/aromatic N) is 2. The van der Waals surface area contributed by atoms with Gasteiger partial charge >= 0.3 is 0 Å². The molecule has 0 aromatic heterocycles. The van der Waals surface area contributed by atoms with Gasteiger partial charge in [0.05, 0.1) is 10.6 Å². The molecule has 37 heavy (non-hydrogen) atoms. The lowest BCUT2D eigenvalue weighted by atomic mass is 10.1. The van der Waals surface area contributed by atoms with Crippen molar-refractivity contribution in [3.63, 3.8) is 0 Å². The van der Waals surface area contributed by atoms with Crippen molar-refractivity contribution in [3.8, 4) is 0 Å². The first-order chi connectivity index (χ1) is 17.5. The second kappa shape index (κ2) is 12.6. The highest BCUT2D eigenvalue weighted by molar-refractivity contribution is 9.10. The number of nitrogens with one attached hydrogen (secondary N) is 1. The Morgan fingerprint density at radius 3 is 2.22 bits per heavy atom. The summed E-state index contributed by atoms with van der Waals surface area (Å²) in [4.78, 5) is 28.1. The fraction of sp³-hybridized carbons (Fsp3) is 0.259. The summed E-state index contributed by atoms with van der Waals surface area (Å²) in [5.41, 5.74) is 0.949. The molecule has 3 aromatic rings. The highest BCUT2D eigenvalue weighted by Crippen LogP contribution is 2.27. The third-order valence-electron chi connectivity index (χ3n) is 5.60. The minimum atomic E-state index is -4.11. The molecule has 1 N–H and O–H groups in total. The predicted octanol–water partition coefficient (Wildman–Crippen LogP) is 5.24. The van der Waals surface area contributed by atoms with Gasteiger partial charge in [0.1, 0.15) is 12.6 Å². The third-order valence-corrected chi connectivity index (χ3v) is 8.25. The molecule has 3 rings (SSSR count). The van der Waals surface area contributed by atoms with Crippen LogP contribution in [0.4, 0.5) is 5.69 Å². The first kappa shape index (κ1) is 28.7. The molecule has 3 aromatic carbocycles. The average molecular weight is 607 g/mol. The van der Waals surface area contributed by atoms with Crippen LogP contribution in [0.3, 0.4) is 0 Å². The van der Waals surface area contributed by atoms with Crippen molar-refractivity contribution in [2.24, 2.45) is 0 Å². The summed E-state index contributed by atoms with van der Waals surface area (Å²) in [6.07, 6.45) is 0. The molecule has 10 heteroatoms. The highest BCUT2D eigenvalue weighted by Gasteiger charge is 2.33. The van der Waals surface area contributed by atoms with Crippen LogP contribution in [0.1, 0.15) is 26.3 Å². The molecule has 0 radical (unpaired) electrons. The van der Waals surface area contributed by atoms with Gasteiger partial charge < -0.3 is 10.2 Å². The van der Waals surface area contributed by atoms with Crippen LogP contribution in [0.2, 0.25) is 5.02 Å². The van der Waals surface area contributed by atoms with Gasteiger partial charge in [0.25, 0.3) is 10.0 Å². The number of hydrogen-bond acceptors (Lipinski definition) is 4. The largest absolute Gasteiger partial charge is 0.352 e. The van der Waals surface area contributed by atoms with Gasteiger partial charge in [-0.15, -0.1) is 0 Å². The molecule has 0 aliphatic rings. The molecule has 0 fully saturated rings. The average Bonchev–Trinajstić information content (AvgIpc) is 2.86. The molecule has 2 amide bonds. The van der Waals surface area contributed by atoms with E-state index in [4.69, 9.17) is 11.6 Å². The normalized spacial score (nSPS) is 12.2. The first-order valence-electron chi connectivity index (χ1n) is 11.7. The number of anilines is 1. The van der Waals surface area contributed by atoms with Crippen LogP contribution in [0.25, 0.3) is 0 Å². The quantitative estimate of drug-likeness (QED) is 0.342. The summed E-state index contributed by atoms with van der Waals surface area (Å²) < 4.78 is 29.1. The van der Waals surface area contributed by atoms with Crippen LogP contribution in [0.15, 0.2) is 88.2 Å². The molecule has 0 aliphatic heterocycles. The van der Waals surface area contributed by atoms with Crippen molar-refractivity contribution in [2.45, 2.75) is 44.3 Å². The lowest BCUT2D eigenvalue weighted by molar-refractivity contribution is -0.139. The molecule has 196 valence electrons. The molecule has 0 saturated heterocycles. The van der Waals surface area contributed by atoms with Crippen molar-refractivity contribution < 1.29 is 18.0 Å². The number of halogens is 2. The Bertz CT molecular complexity index is 1350. The Hall–Kier alpha value is -2.88. The fourth-order valence-electron chi connectivity index (χ4n) is 3.68. The van der Waals surface area contributed by atoms with Crippen LogP contribution in [-0.4, -0.2) is 43.8 Å². The second-order valence-corrected chi connectivity index (χ2v) is 11.9. The monoisotopic (exact) mass is 605 g/mol. The van der Waals surface area contributed by atoms with Crippen molar-refractivity contribution in [3.05, 3.63) is 93.9 Å². The minimum Gasteiger partial charge on any atom is -0.352 e. The zero-order valence-corrected chi connectivity index (χ0v) is 23.9. The molecular formula is C27H29BrClN3O4S. The van der Waals surface area contributed by atoms with Gasteiger partial charge in [-0.3, -0.25) is 13.9 Å². The number of hydrogen-bond donors (Lipinski definition) is 1. The molecule has 0 aliphatic carbocycles. The summed E-state index contributed by atoms with van der Waals surface area (Å²) in [6.45, 7) is 4.78. The van der Waals surface area contributed by atoms with Crippen LogP contribution in [0, 0.1) is 0 Å². The topological polar surface area (TPSA) is 86.8 Å². The summed E-state index contributed by atoms with van der Waals surface area (Å²) in [5, 5.41) is 3.27. The van der Waals surface area contributed by atoms with E-state index in [-0.39, 0.29) is 23.4 Å². The molecule has 0 bridgehead atoms. The van der Waals surface area contributed by atoms with E-state index in [1.165, 1.54) is 17.0 Å². The summed E-state index contributed by atoms with van der Waals surface area (Å²) in [7, 11) is -4.11. The Kier molecular flexibility index (Phi) is 9.75. The van der Waals surface area contributed by atoms with Gasteiger partial charge in [0, 0.05) is 22.1 Å². The van der Waals surface area contributed by atoms with Gasteiger partial charge in [-0.1, -0.05) is 70.0 Å². The maximum atomic E-state index is 13.8. The van der Waals surface area contributed by atoms with E-state index in [1.807, 2.05) is 13.8 Å². The molecule has 0 spiro atoms. The Morgan fingerprint density at radius 1 is 0.946 bits per heavy atom. The van der Waals surface area contributed by atoms with Crippen molar-refractivity contribution in [1.82, 2.24) is 10.2 Å². The van der Waals surface area contributed by atoms with E-state index in [9.17, 15) is 18.0 Å². The van der Waals surface area contributed by atoms with Crippen molar-refractivity contribution in [2.75, 3.05) is 10.8 Å². The number of amides is 2. The molecule has 0 saturated carbocycles. The number of sulfonamides is 1. The molecule has 0 unspecified atom stereocenters. The van der Waals surface area contributed by atoms with Gasteiger partial charge in [0.2, 0.25) is 11.8 Å². The lowest BCUT2D eigenvalue weighted by Crippen LogP contribution is -2.52. The predicted molar refractivity (Wildman–Crippen MR) is 150 cm³/mol. The van der Waals surface area contributed by atoms with Gasteiger partial charge in [-0.2, -0.15) is 0 Å². The Balaban J connectivity index is 2.03. The Morgan fingerprint density at radius 2 is 1.59 bits per heavy atom. The van der Waals surface area contributed by atoms with E-state index in [0.29, 0.717) is 20.7 Å². The molecule has 7 nitrogen and oxygen atoms in total. The first-order valence-corrected chi connectivity index (χ1v) is 14.3. The van der Waals surface area contributed by atoms with Crippen molar-refractivity contribution in [1.29, 1.82) is 0 Å².